The quantitative estimate of drug-likeness (QED) is 0.467. The molecule has 0 aliphatic heterocycles. The lowest BCUT2D eigenvalue weighted by molar-refractivity contribution is -0.385. The fourth-order valence-corrected chi connectivity index (χ4v) is 1.60. The van der Waals surface area contributed by atoms with Crippen molar-refractivity contribution >= 4 is 17.3 Å². The van der Waals surface area contributed by atoms with Gasteiger partial charge < -0.3 is 11.1 Å². The number of nitrogens with zero attached hydrogens (tertiary/aromatic N) is 1. The highest BCUT2D eigenvalue weighted by molar-refractivity contribution is 6.03. The van der Waals surface area contributed by atoms with Gasteiger partial charge in [0.1, 0.15) is 5.56 Å². The van der Waals surface area contributed by atoms with Crippen LogP contribution in [0.4, 0.5) is 11.4 Å². The minimum atomic E-state index is -0.595. The van der Waals surface area contributed by atoms with E-state index in [4.69, 9.17) is 5.73 Å². The number of nitrogens with one attached hydrogen (secondary N) is 1. The van der Waals surface area contributed by atoms with Crippen LogP contribution >= 0.6 is 0 Å². The number of nitro groups is 1. The fourth-order valence-electron chi connectivity index (χ4n) is 1.60. The minimum absolute atomic E-state index is 0.0434. The molecule has 3 N–H and O–H groups in total. The summed E-state index contributed by atoms with van der Waals surface area (Å²) in [6.45, 7) is 0.560. The van der Waals surface area contributed by atoms with Crippen LogP contribution in [0, 0.1) is 16.0 Å². The molecular weight excluding hydrogens is 222 g/mol. The smallest absolute Gasteiger partial charge is 0.284 e. The Morgan fingerprint density at radius 3 is 2.82 bits per heavy atom. The van der Waals surface area contributed by atoms with Gasteiger partial charge in [-0.25, -0.2) is 0 Å². The normalized spacial score (nSPS) is 14.4. The molecule has 0 aromatic heterocycles. The van der Waals surface area contributed by atoms with Gasteiger partial charge in [-0.15, -0.1) is 0 Å². The summed E-state index contributed by atoms with van der Waals surface area (Å²) in [6.07, 6.45) is 2.21. The van der Waals surface area contributed by atoms with Gasteiger partial charge in [0.05, 0.1) is 10.6 Å². The summed E-state index contributed by atoms with van der Waals surface area (Å²) in [5.41, 5.74) is 5.45. The summed E-state index contributed by atoms with van der Waals surface area (Å²) in [5.74, 6) is 0.0460. The van der Waals surface area contributed by atoms with E-state index in [9.17, 15) is 14.9 Å². The van der Waals surface area contributed by atoms with Gasteiger partial charge in [-0.3, -0.25) is 14.9 Å². The number of rotatable bonds is 4. The maximum absolute atomic E-state index is 11.8. The number of carbonyl (C=O) groups is 1. The molecule has 1 amide bonds. The van der Waals surface area contributed by atoms with Crippen LogP contribution in [0.3, 0.4) is 0 Å². The second kappa shape index (κ2) is 4.40. The molecule has 1 aliphatic carbocycles. The second-order valence-corrected chi connectivity index (χ2v) is 4.15. The van der Waals surface area contributed by atoms with Crippen LogP contribution in [0.5, 0.6) is 0 Å². The van der Waals surface area contributed by atoms with Gasteiger partial charge in [-0.2, -0.15) is 0 Å². The number of nitrogen functional groups attached to an aromatic ring is 1. The maximum Gasteiger partial charge on any atom is 0.284 e. The van der Waals surface area contributed by atoms with Crippen LogP contribution in [-0.4, -0.2) is 17.4 Å². The van der Waals surface area contributed by atoms with E-state index >= 15 is 0 Å². The molecule has 0 unspecified atom stereocenters. The number of hydrogen-bond donors (Lipinski definition) is 2. The molecular formula is C11H13N3O3. The Morgan fingerprint density at radius 1 is 1.53 bits per heavy atom. The Labute approximate surface area is 98.0 Å². The Morgan fingerprint density at radius 2 is 2.24 bits per heavy atom. The van der Waals surface area contributed by atoms with E-state index in [0.717, 1.165) is 12.8 Å². The van der Waals surface area contributed by atoms with Crippen molar-refractivity contribution in [3.8, 4) is 0 Å². The van der Waals surface area contributed by atoms with Crippen LogP contribution in [0.25, 0.3) is 0 Å². The average Bonchev–Trinajstić information content (AvgIpc) is 3.09. The van der Waals surface area contributed by atoms with Crippen LogP contribution in [0.2, 0.25) is 0 Å². The Kier molecular flexibility index (Phi) is 2.95. The molecule has 1 fully saturated rings. The molecule has 1 aliphatic rings. The fraction of sp³-hybridized carbons (Fsp3) is 0.364. The van der Waals surface area contributed by atoms with Crippen molar-refractivity contribution in [2.24, 2.45) is 5.92 Å². The Balaban J connectivity index is 2.22. The van der Waals surface area contributed by atoms with Crippen molar-refractivity contribution in [1.82, 2.24) is 5.32 Å². The molecule has 6 heteroatoms. The summed E-state index contributed by atoms with van der Waals surface area (Å²) in [7, 11) is 0. The highest BCUT2D eigenvalue weighted by Gasteiger charge is 2.26. The Hall–Kier alpha value is -2.11. The van der Waals surface area contributed by atoms with Crippen LogP contribution in [0.1, 0.15) is 23.2 Å². The first-order chi connectivity index (χ1) is 8.09. The predicted molar refractivity (Wildman–Crippen MR) is 62.6 cm³/mol. The van der Waals surface area contributed by atoms with Gasteiger partial charge >= 0.3 is 0 Å². The van der Waals surface area contributed by atoms with Gasteiger partial charge in [0.25, 0.3) is 11.6 Å². The van der Waals surface area contributed by atoms with Crippen molar-refractivity contribution < 1.29 is 9.72 Å². The van der Waals surface area contributed by atoms with E-state index in [1.165, 1.54) is 18.2 Å². The number of benzene rings is 1. The molecule has 1 aromatic carbocycles. The van der Waals surface area contributed by atoms with Gasteiger partial charge in [-0.05, 0) is 24.8 Å². The number of hydrogen-bond acceptors (Lipinski definition) is 4. The van der Waals surface area contributed by atoms with Gasteiger partial charge in [-0.1, -0.05) is 6.07 Å². The number of amides is 1. The average molecular weight is 235 g/mol. The topological polar surface area (TPSA) is 98.3 Å². The molecule has 0 saturated heterocycles. The zero-order chi connectivity index (χ0) is 12.4. The minimum Gasteiger partial charge on any atom is -0.398 e. The number of anilines is 1. The molecule has 0 radical (unpaired) electrons. The van der Waals surface area contributed by atoms with Crippen molar-refractivity contribution in [1.29, 1.82) is 0 Å². The van der Waals surface area contributed by atoms with Gasteiger partial charge in [0, 0.05) is 12.6 Å². The van der Waals surface area contributed by atoms with Crippen molar-refractivity contribution in [2.75, 3.05) is 12.3 Å². The molecule has 17 heavy (non-hydrogen) atoms. The first kappa shape index (κ1) is 11.4. The molecule has 6 nitrogen and oxygen atoms in total. The van der Waals surface area contributed by atoms with Gasteiger partial charge in [0.15, 0.2) is 0 Å². The van der Waals surface area contributed by atoms with E-state index in [2.05, 4.69) is 5.32 Å². The maximum atomic E-state index is 11.8. The lowest BCUT2D eigenvalue weighted by Crippen LogP contribution is -2.27. The first-order valence-corrected chi connectivity index (χ1v) is 5.40. The van der Waals surface area contributed by atoms with Crippen LogP contribution in [-0.2, 0) is 0 Å². The largest absolute Gasteiger partial charge is 0.398 e. The Bertz CT molecular complexity index is 469. The van der Waals surface area contributed by atoms with E-state index in [0.29, 0.717) is 12.5 Å². The van der Waals surface area contributed by atoms with Crippen molar-refractivity contribution in [3.05, 3.63) is 33.9 Å². The van der Waals surface area contributed by atoms with Crippen LogP contribution < -0.4 is 11.1 Å². The second-order valence-electron chi connectivity index (χ2n) is 4.15. The summed E-state index contributed by atoms with van der Waals surface area (Å²) < 4.78 is 0. The SMILES string of the molecule is Nc1cccc([N+](=O)[O-])c1C(=O)NCC1CC1. The number of nitro benzene ring substituents is 1. The highest BCUT2D eigenvalue weighted by atomic mass is 16.6. The summed E-state index contributed by atoms with van der Waals surface area (Å²) >= 11 is 0. The third kappa shape index (κ3) is 2.52. The van der Waals surface area contributed by atoms with Crippen molar-refractivity contribution in [3.63, 3.8) is 0 Å². The summed E-state index contributed by atoms with van der Waals surface area (Å²) in [6, 6.07) is 4.23. The zero-order valence-corrected chi connectivity index (χ0v) is 9.18. The summed E-state index contributed by atoms with van der Waals surface area (Å²) in [4.78, 5) is 22.0. The lowest BCUT2D eigenvalue weighted by atomic mass is 10.1. The third-order valence-corrected chi connectivity index (χ3v) is 2.75. The predicted octanol–water partition coefficient (Wildman–Crippen LogP) is 1.32. The third-order valence-electron chi connectivity index (χ3n) is 2.75. The van der Waals surface area contributed by atoms with E-state index in [1.807, 2.05) is 0 Å². The monoisotopic (exact) mass is 235 g/mol. The summed E-state index contributed by atoms with van der Waals surface area (Å²) in [5, 5.41) is 13.5. The van der Waals surface area contributed by atoms with Gasteiger partial charge in [0.2, 0.25) is 0 Å². The molecule has 1 saturated carbocycles. The van der Waals surface area contributed by atoms with Crippen molar-refractivity contribution in [2.45, 2.75) is 12.8 Å². The number of carbonyl (C=O) groups excluding carboxylic acids is 1. The van der Waals surface area contributed by atoms with Crippen LogP contribution in [0.15, 0.2) is 18.2 Å². The molecule has 0 heterocycles. The molecule has 1 aromatic rings. The molecule has 2 rings (SSSR count). The molecule has 0 bridgehead atoms. The molecule has 0 spiro atoms. The highest BCUT2D eigenvalue weighted by Crippen LogP contribution is 2.28. The lowest BCUT2D eigenvalue weighted by Gasteiger charge is -2.07. The van der Waals surface area contributed by atoms with E-state index in [1.54, 1.807) is 0 Å². The molecule has 90 valence electrons. The van der Waals surface area contributed by atoms with E-state index < -0.39 is 10.8 Å². The molecule has 0 atom stereocenters. The first-order valence-electron chi connectivity index (χ1n) is 5.40. The standard InChI is InChI=1S/C11H13N3O3/c12-8-2-1-3-9(14(16)17)10(8)11(15)13-6-7-4-5-7/h1-3,7H,4-6,12H2,(H,13,15). The van der Waals surface area contributed by atoms with E-state index in [-0.39, 0.29) is 16.9 Å². The zero-order valence-electron chi connectivity index (χ0n) is 9.18. The number of nitrogens with two attached hydrogens (primary N) is 1.